The van der Waals surface area contributed by atoms with E-state index >= 15 is 0 Å². The van der Waals surface area contributed by atoms with Gasteiger partial charge in [0.15, 0.2) is 5.82 Å². The van der Waals surface area contributed by atoms with Gasteiger partial charge in [0, 0.05) is 63.4 Å². The summed E-state index contributed by atoms with van der Waals surface area (Å²) in [5.41, 5.74) is 1.02. The first-order valence-corrected chi connectivity index (χ1v) is 9.08. The van der Waals surface area contributed by atoms with Gasteiger partial charge in [0.25, 0.3) is 0 Å². The minimum Gasteiger partial charge on any atom is -0.390 e. The first-order valence-electron chi connectivity index (χ1n) is 8.31. The van der Waals surface area contributed by atoms with Gasteiger partial charge in [0.05, 0.1) is 6.10 Å². The highest BCUT2D eigenvalue weighted by Gasteiger charge is 2.19. The average Bonchev–Trinajstić information content (AvgIpc) is 3.08. The van der Waals surface area contributed by atoms with Crippen LogP contribution in [0, 0.1) is 0 Å². The van der Waals surface area contributed by atoms with Crippen LogP contribution in [-0.4, -0.2) is 83.7 Å². The standard InChI is InChI=1S/C17H25N5OS/c1-20-8-10-22(11-9-20)13-15(23)12-21(2)17-18-16(19-24-17)14-6-4-3-5-7-14/h3-7,15,23H,8-13H2,1-2H3. The number of aromatic nitrogens is 2. The Labute approximate surface area is 147 Å². The van der Waals surface area contributed by atoms with Gasteiger partial charge < -0.3 is 14.9 Å². The minimum absolute atomic E-state index is 0.387. The Hall–Kier alpha value is -1.54. The van der Waals surface area contributed by atoms with Gasteiger partial charge >= 0.3 is 0 Å². The molecule has 6 nitrogen and oxygen atoms in total. The molecule has 2 aromatic rings. The quantitative estimate of drug-likeness (QED) is 0.849. The lowest BCUT2D eigenvalue weighted by Gasteiger charge is -2.34. The van der Waals surface area contributed by atoms with E-state index in [1.165, 1.54) is 11.5 Å². The van der Waals surface area contributed by atoms with Crippen molar-refractivity contribution in [1.29, 1.82) is 0 Å². The molecule has 0 amide bonds. The first kappa shape index (κ1) is 17.3. The fourth-order valence-electron chi connectivity index (χ4n) is 2.86. The molecule has 1 fully saturated rings. The topological polar surface area (TPSA) is 55.7 Å². The van der Waals surface area contributed by atoms with Gasteiger partial charge in [-0.15, -0.1) is 0 Å². The fourth-order valence-corrected chi connectivity index (χ4v) is 3.51. The van der Waals surface area contributed by atoms with Crippen molar-refractivity contribution in [2.45, 2.75) is 6.10 Å². The Morgan fingerprint density at radius 1 is 1.21 bits per heavy atom. The highest BCUT2D eigenvalue weighted by Crippen LogP contribution is 2.23. The number of hydrogen-bond acceptors (Lipinski definition) is 7. The van der Waals surface area contributed by atoms with E-state index in [0.717, 1.165) is 42.7 Å². The molecular formula is C17H25N5OS. The molecule has 0 saturated carbocycles. The van der Waals surface area contributed by atoms with E-state index in [1.807, 2.05) is 42.3 Å². The summed E-state index contributed by atoms with van der Waals surface area (Å²) in [5, 5.41) is 11.2. The zero-order valence-electron chi connectivity index (χ0n) is 14.3. The smallest absolute Gasteiger partial charge is 0.205 e. The predicted molar refractivity (Wildman–Crippen MR) is 98.6 cm³/mol. The fraction of sp³-hybridized carbons (Fsp3) is 0.529. The molecular weight excluding hydrogens is 322 g/mol. The molecule has 0 aliphatic carbocycles. The third-order valence-corrected chi connectivity index (χ3v) is 5.15. The molecule has 1 aliphatic rings. The number of β-amino-alcohol motifs (C(OH)–C–C–N with tert-alkyl or cyclic N) is 1. The van der Waals surface area contributed by atoms with Crippen LogP contribution in [0.1, 0.15) is 0 Å². The molecule has 0 radical (unpaired) electrons. The van der Waals surface area contributed by atoms with Crippen molar-refractivity contribution in [3.8, 4) is 11.4 Å². The second-order valence-corrected chi connectivity index (χ2v) is 7.14. The number of hydrogen-bond donors (Lipinski definition) is 1. The van der Waals surface area contributed by atoms with Crippen LogP contribution < -0.4 is 4.90 Å². The molecule has 1 aliphatic heterocycles. The Kier molecular flexibility index (Phi) is 5.78. The highest BCUT2D eigenvalue weighted by molar-refractivity contribution is 7.09. The van der Waals surface area contributed by atoms with Crippen LogP contribution in [0.3, 0.4) is 0 Å². The molecule has 24 heavy (non-hydrogen) atoms. The lowest BCUT2D eigenvalue weighted by molar-refractivity contribution is 0.0843. The summed E-state index contributed by atoms with van der Waals surface area (Å²) in [6.45, 7) is 5.46. The monoisotopic (exact) mass is 347 g/mol. The Bertz CT molecular complexity index is 627. The van der Waals surface area contributed by atoms with Crippen LogP contribution in [-0.2, 0) is 0 Å². The molecule has 1 saturated heterocycles. The molecule has 1 atom stereocenters. The third-order valence-electron chi connectivity index (χ3n) is 4.32. The molecule has 7 heteroatoms. The number of rotatable bonds is 6. The molecule has 130 valence electrons. The Morgan fingerprint density at radius 3 is 2.62 bits per heavy atom. The van der Waals surface area contributed by atoms with E-state index in [9.17, 15) is 5.11 Å². The summed E-state index contributed by atoms with van der Waals surface area (Å²) in [6, 6.07) is 9.97. The average molecular weight is 347 g/mol. The number of aliphatic hydroxyl groups excluding tert-OH is 1. The van der Waals surface area contributed by atoms with Crippen molar-refractivity contribution in [2.75, 3.05) is 58.3 Å². The molecule has 1 unspecified atom stereocenters. The van der Waals surface area contributed by atoms with Crippen LogP contribution >= 0.6 is 11.5 Å². The highest BCUT2D eigenvalue weighted by atomic mass is 32.1. The normalized spacial score (nSPS) is 17.8. The van der Waals surface area contributed by atoms with E-state index in [0.29, 0.717) is 13.1 Å². The molecule has 1 aromatic heterocycles. The molecule has 3 rings (SSSR count). The second-order valence-electron chi connectivity index (χ2n) is 6.40. The number of anilines is 1. The van der Waals surface area contributed by atoms with Crippen LogP contribution in [0.2, 0.25) is 0 Å². The lowest BCUT2D eigenvalue weighted by Crippen LogP contribution is -2.48. The summed E-state index contributed by atoms with van der Waals surface area (Å²) < 4.78 is 4.43. The zero-order valence-corrected chi connectivity index (χ0v) is 15.1. The van der Waals surface area contributed by atoms with Crippen molar-refractivity contribution in [2.24, 2.45) is 0 Å². The maximum atomic E-state index is 10.4. The third kappa shape index (κ3) is 4.51. The number of likely N-dealkylation sites (N-methyl/N-ethyl adjacent to an activating group) is 2. The van der Waals surface area contributed by atoms with E-state index in [1.54, 1.807) is 0 Å². The lowest BCUT2D eigenvalue weighted by atomic mass is 10.2. The van der Waals surface area contributed by atoms with Crippen molar-refractivity contribution in [3.05, 3.63) is 30.3 Å². The zero-order chi connectivity index (χ0) is 16.9. The maximum absolute atomic E-state index is 10.4. The minimum atomic E-state index is -0.387. The van der Waals surface area contributed by atoms with Crippen LogP contribution in [0.15, 0.2) is 30.3 Å². The Morgan fingerprint density at radius 2 is 1.92 bits per heavy atom. The summed E-state index contributed by atoms with van der Waals surface area (Å²) >= 11 is 1.37. The van der Waals surface area contributed by atoms with Gasteiger partial charge in [0.2, 0.25) is 5.13 Å². The Balaban J connectivity index is 1.53. The molecule has 2 heterocycles. The summed E-state index contributed by atoms with van der Waals surface area (Å²) in [5.74, 6) is 0.746. The largest absolute Gasteiger partial charge is 0.390 e. The van der Waals surface area contributed by atoms with Gasteiger partial charge in [-0.1, -0.05) is 30.3 Å². The van der Waals surface area contributed by atoms with Gasteiger partial charge in [-0.2, -0.15) is 9.36 Å². The van der Waals surface area contributed by atoms with E-state index < -0.39 is 0 Å². The number of aliphatic hydroxyl groups is 1. The maximum Gasteiger partial charge on any atom is 0.205 e. The number of piperazine rings is 1. The van der Waals surface area contributed by atoms with Crippen molar-refractivity contribution in [1.82, 2.24) is 19.2 Å². The van der Waals surface area contributed by atoms with E-state index in [-0.39, 0.29) is 6.10 Å². The van der Waals surface area contributed by atoms with Gasteiger partial charge in [-0.3, -0.25) is 4.90 Å². The van der Waals surface area contributed by atoms with Gasteiger partial charge in [0.1, 0.15) is 0 Å². The van der Waals surface area contributed by atoms with Crippen LogP contribution in [0.5, 0.6) is 0 Å². The molecule has 0 bridgehead atoms. The number of nitrogens with zero attached hydrogens (tertiary/aromatic N) is 5. The van der Waals surface area contributed by atoms with E-state index in [2.05, 4.69) is 26.2 Å². The van der Waals surface area contributed by atoms with Crippen molar-refractivity contribution < 1.29 is 5.11 Å². The van der Waals surface area contributed by atoms with E-state index in [4.69, 9.17) is 0 Å². The van der Waals surface area contributed by atoms with Crippen molar-refractivity contribution in [3.63, 3.8) is 0 Å². The second kappa shape index (κ2) is 8.02. The summed E-state index contributed by atoms with van der Waals surface area (Å²) in [7, 11) is 4.10. The molecule has 1 aromatic carbocycles. The predicted octanol–water partition coefficient (Wildman–Crippen LogP) is 1.25. The van der Waals surface area contributed by atoms with Crippen molar-refractivity contribution >= 4 is 16.7 Å². The summed E-state index contributed by atoms with van der Waals surface area (Å²) in [4.78, 5) is 11.2. The van der Waals surface area contributed by atoms with Gasteiger partial charge in [-0.25, -0.2) is 0 Å². The number of benzene rings is 1. The van der Waals surface area contributed by atoms with Gasteiger partial charge in [-0.05, 0) is 7.05 Å². The van der Waals surface area contributed by atoms with Crippen LogP contribution in [0.25, 0.3) is 11.4 Å². The summed E-state index contributed by atoms with van der Waals surface area (Å²) in [6.07, 6.45) is -0.387. The first-order chi connectivity index (χ1) is 11.6. The van der Waals surface area contributed by atoms with Crippen LogP contribution in [0.4, 0.5) is 5.13 Å². The molecule has 1 N–H and O–H groups in total. The molecule has 0 spiro atoms. The SMILES string of the molecule is CN1CCN(CC(O)CN(C)c2nc(-c3ccccc3)ns2)CC1.